The fourth-order valence-corrected chi connectivity index (χ4v) is 4.13. The molecule has 0 atom stereocenters. The van der Waals surface area contributed by atoms with E-state index in [0.29, 0.717) is 25.2 Å². The van der Waals surface area contributed by atoms with Crippen molar-refractivity contribution in [2.24, 2.45) is 7.05 Å². The highest BCUT2D eigenvalue weighted by molar-refractivity contribution is 9.10. The lowest BCUT2D eigenvalue weighted by Gasteiger charge is -2.34. The molecule has 4 rings (SSSR count). The minimum absolute atomic E-state index is 0.0272. The van der Waals surface area contributed by atoms with Gasteiger partial charge < -0.3 is 14.4 Å². The van der Waals surface area contributed by atoms with Crippen LogP contribution in [0.15, 0.2) is 46.9 Å². The number of halogens is 1. The number of nitrogens with zero attached hydrogens (tertiary/aromatic N) is 5. The molecule has 1 aliphatic heterocycles. The molecule has 0 unspecified atom stereocenters. The van der Waals surface area contributed by atoms with Gasteiger partial charge in [-0.15, -0.1) is 0 Å². The summed E-state index contributed by atoms with van der Waals surface area (Å²) in [6, 6.07) is 13.2. The number of hydrogen-bond donors (Lipinski definition) is 0. The second kappa shape index (κ2) is 8.80. The summed E-state index contributed by atoms with van der Waals surface area (Å²) in [5.41, 5.74) is 3.20. The first-order valence-corrected chi connectivity index (χ1v) is 11.1. The van der Waals surface area contributed by atoms with Gasteiger partial charge in [0.1, 0.15) is 5.82 Å². The van der Waals surface area contributed by atoms with Crippen LogP contribution in [-0.4, -0.2) is 76.3 Å². The van der Waals surface area contributed by atoms with Crippen LogP contribution in [0.5, 0.6) is 0 Å². The molecule has 1 aliphatic rings. The molecule has 2 aromatic carbocycles. The molecule has 31 heavy (non-hydrogen) atoms. The highest BCUT2D eigenvalue weighted by Gasteiger charge is 2.23. The van der Waals surface area contributed by atoms with Gasteiger partial charge in [-0.1, -0.05) is 15.9 Å². The van der Waals surface area contributed by atoms with Crippen LogP contribution in [0.3, 0.4) is 0 Å². The fourth-order valence-electron chi connectivity index (χ4n) is 3.87. The second-order valence-electron chi connectivity index (χ2n) is 8.07. The van der Waals surface area contributed by atoms with Crippen molar-refractivity contribution >= 4 is 38.8 Å². The largest absolute Gasteiger partial charge is 0.345 e. The van der Waals surface area contributed by atoms with Gasteiger partial charge in [0.15, 0.2) is 0 Å². The van der Waals surface area contributed by atoms with E-state index in [1.54, 1.807) is 19.0 Å². The maximum atomic E-state index is 12.7. The Balaban J connectivity index is 1.42. The van der Waals surface area contributed by atoms with Crippen LogP contribution < -0.4 is 0 Å². The average Bonchev–Trinajstić information content (AvgIpc) is 3.08. The summed E-state index contributed by atoms with van der Waals surface area (Å²) in [6.07, 6.45) is 0. The Hall–Kier alpha value is -2.71. The number of hydrogen-bond acceptors (Lipinski definition) is 4. The van der Waals surface area contributed by atoms with Crippen molar-refractivity contribution in [2.75, 3.05) is 40.3 Å². The molecule has 0 saturated carbocycles. The van der Waals surface area contributed by atoms with Crippen LogP contribution >= 0.6 is 15.9 Å². The molecule has 2 amide bonds. The van der Waals surface area contributed by atoms with E-state index in [1.165, 1.54) is 0 Å². The smallest absolute Gasteiger partial charge is 0.253 e. The molecule has 0 radical (unpaired) electrons. The molecule has 0 aliphatic carbocycles. The SMILES string of the molecule is CN(C)C(=O)c1ccc2c(c1)nc(CN1CCN(C(=O)c3ccc(Br)cc3)CC1)n2C. The Morgan fingerprint density at radius 2 is 1.65 bits per heavy atom. The zero-order chi connectivity index (χ0) is 22.1. The number of benzene rings is 2. The summed E-state index contributed by atoms with van der Waals surface area (Å²) >= 11 is 3.41. The summed E-state index contributed by atoms with van der Waals surface area (Å²) in [5.74, 6) is 1.01. The van der Waals surface area contributed by atoms with Gasteiger partial charge in [-0.2, -0.15) is 0 Å². The van der Waals surface area contributed by atoms with E-state index in [9.17, 15) is 9.59 Å². The highest BCUT2D eigenvalue weighted by atomic mass is 79.9. The maximum Gasteiger partial charge on any atom is 0.253 e. The summed E-state index contributed by atoms with van der Waals surface area (Å²) in [5, 5.41) is 0. The first-order valence-electron chi connectivity index (χ1n) is 10.3. The molecule has 0 spiro atoms. The summed E-state index contributed by atoms with van der Waals surface area (Å²) < 4.78 is 3.05. The van der Waals surface area contributed by atoms with Crippen LogP contribution in [0.1, 0.15) is 26.5 Å². The minimum Gasteiger partial charge on any atom is -0.345 e. The normalized spacial score (nSPS) is 14.8. The maximum absolute atomic E-state index is 12.7. The van der Waals surface area contributed by atoms with E-state index in [0.717, 1.165) is 40.0 Å². The second-order valence-corrected chi connectivity index (χ2v) is 8.98. The molecule has 1 aromatic heterocycles. The van der Waals surface area contributed by atoms with E-state index < -0.39 is 0 Å². The van der Waals surface area contributed by atoms with Crippen LogP contribution in [0.25, 0.3) is 11.0 Å². The van der Waals surface area contributed by atoms with Gasteiger partial charge in [0, 0.05) is 62.9 Å². The third-order valence-corrected chi connectivity index (χ3v) is 6.27. The van der Waals surface area contributed by atoms with Crippen molar-refractivity contribution in [3.63, 3.8) is 0 Å². The number of imidazole rings is 1. The number of fused-ring (bicyclic) bond motifs is 1. The zero-order valence-corrected chi connectivity index (χ0v) is 19.6. The Kier molecular flexibility index (Phi) is 6.11. The van der Waals surface area contributed by atoms with Gasteiger partial charge in [-0.05, 0) is 42.5 Å². The number of piperazine rings is 1. The lowest BCUT2D eigenvalue weighted by molar-refractivity contribution is 0.0624. The number of rotatable bonds is 4. The summed E-state index contributed by atoms with van der Waals surface area (Å²) in [6.45, 7) is 3.70. The molecule has 2 heterocycles. The molecular formula is C23H26BrN5O2. The van der Waals surface area contributed by atoms with Crippen molar-refractivity contribution < 1.29 is 9.59 Å². The van der Waals surface area contributed by atoms with Crippen molar-refractivity contribution in [3.8, 4) is 0 Å². The van der Waals surface area contributed by atoms with Gasteiger partial charge in [0.05, 0.1) is 17.6 Å². The number of aryl methyl sites for hydroxylation is 1. The number of carbonyl (C=O) groups excluding carboxylic acids is 2. The average molecular weight is 484 g/mol. The number of amides is 2. The Labute approximate surface area is 190 Å². The first kappa shape index (κ1) is 21.5. The molecular weight excluding hydrogens is 458 g/mol. The zero-order valence-electron chi connectivity index (χ0n) is 18.0. The molecule has 3 aromatic rings. The van der Waals surface area contributed by atoms with Crippen molar-refractivity contribution in [1.82, 2.24) is 24.3 Å². The van der Waals surface area contributed by atoms with Gasteiger partial charge in [0.2, 0.25) is 0 Å². The molecule has 162 valence electrons. The summed E-state index contributed by atoms with van der Waals surface area (Å²) in [4.78, 5) is 35.6. The molecule has 1 fully saturated rings. The lowest BCUT2D eigenvalue weighted by Crippen LogP contribution is -2.48. The third kappa shape index (κ3) is 4.50. The Bertz CT molecular complexity index is 1110. The van der Waals surface area contributed by atoms with E-state index in [4.69, 9.17) is 4.98 Å². The van der Waals surface area contributed by atoms with Crippen molar-refractivity contribution in [2.45, 2.75) is 6.54 Å². The van der Waals surface area contributed by atoms with E-state index in [-0.39, 0.29) is 11.8 Å². The number of carbonyl (C=O) groups is 2. The quantitative estimate of drug-likeness (QED) is 0.572. The van der Waals surface area contributed by atoms with Crippen LogP contribution in [0.4, 0.5) is 0 Å². The molecule has 0 bridgehead atoms. The lowest BCUT2D eigenvalue weighted by atomic mass is 10.2. The van der Waals surface area contributed by atoms with Crippen molar-refractivity contribution in [1.29, 1.82) is 0 Å². The first-order chi connectivity index (χ1) is 14.8. The number of aromatic nitrogens is 2. The van der Waals surface area contributed by atoms with Crippen LogP contribution in [0.2, 0.25) is 0 Å². The summed E-state index contributed by atoms with van der Waals surface area (Å²) in [7, 11) is 5.50. The molecule has 1 saturated heterocycles. The highest BCUT2D eigenvalue weighted by Crippen LogP contribution is 2.20. The van der Waals surface area contributed by atoms with Crippen molar-refractivity contribution in [3.05, 3.63) is 63.9 Å². The third-order valence-electron chi connectivity index (χ3n) is 5.74. The molecule has 0 N–H and O–H groups in total. The Morgan fingerprint density at radius 3 is 2.29 bits per heavy atom. The predicted octanol–water partition coefficient (Wildman–Crippen LogP) is 3.00. The Morgan fingerprint density at radius 1 is 1.00 bits per heavy atom. The minimum atomic E-state index is -0.0272. The predicted molar refractivity (Wildman–Crippen MR) is 124 cm³/mol. The van der Waals surface area contributed by atoms with Gasteiger partial charge in [-0.3, -0.25) is 14.5 Å². The van der Waals surface area contributed by atoms with Crippen LogP contribution in [0, 0.1) is 0 Å². The fraction of sp³-hybridized carbons (Fsp3) is 0.348. The topological polar surface area (TPSA) is 61.7 Å². The van der Waals surface area contributed by atoms with Gasteiger partial charge >= 0.3 is 0 Å². The van der Waals surface area contributed by atoms with E-state index in [1.807, 2.05) is 54.4 Å². The van der Waals surface area contributed by atoms with Crippen LogP contribution in [-0.2, 0) is 13.6 Å². The molecule has 7 nitrogen and oxygen atoms in total. The van der Waals surface area contributed by atoms with E-state index >= 15 is 0 Å². The molecule has 8 heteroatoms. The van der Waals surface area contributed by atoms with Gasteiger partial charge in [0.25, 0.3) is 11.8 Å². The monoisotopic (exact) mass is 483 g/mol. The van der Waals surface area contributed by atoms with Gasteiger partial charge in [-0.25, -0.2) is 4.98 Å². The van der Waals surface area contributed by atoms with E-state index in [2.05, 4.69) is 25.4 Å². The standard InChI is InChI=1S/C23H26BrN5O2/c1-26(2)22(30)17-6-9-20-19(14-17)25-21(27(20)3)15-28-10-12-29(13-11-28)23(31)16-4-7-18(24)8-5-16/h4-9,14H,10-13,15H2,1-3H3.